The zero-order valence-electron chi connectivity index (χ0n) is 9.92. The molecule has 2 aromatic rings. The molecule has 0 saturated carbocycles. The first-order valence-electron chi connectivity index (χ1n) is 5.48. The predicted molar refractivity (Wildman–Crippen MR) is 73.1 cm³/mol. The van der Waals surface area contributed by atoms with E-state index in [4.69, 9.17) is 11.6 Å². The molecule has 0 unspecified atom stereocenters. The van der Waals surface area contributed by atoms with Crippen molar-refractivity contribution >= 4 is 33.3 Å². The van der Waals surface area contributed by atoms with Crippen LogP contribution in [0.1, 0.15) is 15.9 Å². The van der Waals surface area contributed by atoms with E-state index in [9.17, 15) is 18.0 Å². The van der Waals surface area contributed by atoms with Crippen LogP contribution < -0.4 is 0 Å². The van der Waals surface area contributed by atoms with Crippen molar-refractivity contribution in [3.05, 3.63) is 57.3 Å². The van der Waals surface area contributed by atoms with Crippen LogP contribution in [-0.4, -0.2) is 16.5 Å². The summed E-state index contributed by atoms with van der Waals surface area (Å²) < 4.78 is 39.2. The average Bonchev–Trinajstić information content (AvgIpc) is 2.79. The molecule has 0 aliphatic carbocycles. The third-order valence-electron chi connectivity index (χ3n) is 2.64. The van der Waals surface area contributed by atoms with Crippen molar-refractivity contribution in [2.45, 2.75) is 12.7 Å². The molecule has 2 rings (SSSR count). The van der Waals surface area contributed by atoms with Crippen molar-refractivity contribution in [2.75, 3.05) is 0 Å². The van der Waals surface area contributed by atoms with E-state index in [1.165, 1.54) is 10.8 Å². The molecule has 0 bridgehead atoms. The highest BCUT2D eigenvalue weighted by atomic mass is 79.9. The van der Waals surface area contributed by atoms with Crippen molar-refractivity contribution in [1.82, 2.24) is 4.57 Å². The Labute approximate surface area is 126 Å². The highest BCUT2D eigenvalue weighted by Gasteiger charge is 2.39. The number of hydrogen-bond donors (Lipinski definition) is 0. The van der Waals surface area contributed by atoms with Crippen LogP contribution in [0, 0.1) is 0 Å². The number of ketones is 1. The van der Waals surface area contributed by atoms with Crippen molar-refractivity contribution in [2.24, 2.45) is 0 Å². The molecule has 0 radical (unpaired) electrons. The molecule has 1 aromatic heterocycles. The van der Waals surface area contributed by atoms with Gasteiger partial charge in [-0.15, -0.1) is 0 Å². The largest absolute Gasteiger partial charge is 0.454 e. The first-order chi connectivity index (χ1) is 9.27. The van der Waals surface area contributed by atoms with Crippen molar-refractivity contribution in [3.63, 3.8) is 0 Å². The number of Topliss-reactive ketones (excluding diaryl/α,β-unsaturated/α-hetero) is 1. The van der Waals surface area contributed by atoms with Gasteiger partial charge in [-0.25, -0.2) is 0 Å². The summed E-state index contributed by atoms with van der Waals surface area (Å²) in [6.07, 6.45) is -2.28. The number of benzene rings is 1. The summed E-state index contributed by atoms with van der Waals surface area (Å²) in [7, 11) is 0. The van der Waals surface area contributed by atoms with Gasteiger partial charge in [0.25, 0.3) is 5.78 Å². The summed E-state index contributed by atoms with van der Waals surface area (Å²) in [6.45, 7) is 0.289. The van der Waals surface area contributed by atoms with Gasteiger partial charge in [-0.2, -0.15) is 13.2 Å². The number of rotatable bonds is 3. The second kappa shape index (κ2) is 5.61. The number of aromatic nitrogens is 1. The molecule has 0 saturated heterocycles. The molecule has 1 heterocycles. The lowest BCUT2D eigenvalue weighted by molar-refractivity contribution is -0.0885. The number of nitrogens with zero attached hydrogens (tertiary/aromatic N) is 1. The molecule has 0 N–H and O–H groups in total. The SMILES string of the molecule is O=C(c1ccn(Cc2ccc(Br)cc2Cl)c1)C(F)(F)F. The number of carbonyl (C=O) groups excluding carboxylic acids is 1. The molecule has 106 valence electrons. The van der Waals surface area contributed by atoms with Gasteiger partial charge in [0.05, 0.1) is 0 Å². The van der Waals surface area contributed by atoms with E-state index in [0.29, 0.717) is 5.02 Å². The Balaban J connectivity index is 2.20. The van der Waals surface area contributed by atoms with Gasteiger partial charge in [0.1, 0.15) is 0 Å². The minimum Gasteiger partial charge on any atom is -0.349 e. The molecule has 0 aliphatic rings. The van der Waals surface area contributed by atoms with E-state index in [-0.39, 0.29) is 12.1 Å². The molecule has 20 heavy (non-hydrogen) atoms. The van der Waals surface area contributed by atoms with Crippen LogP contribution in [0.25, 0.3) is 0 Å². The molecule has 0 spiro atoms. The summed E-state index contributed by atoms with van der Waals surface area (Å²) in [4.78, 5) is 11.1. The van der Waals surface area contributed by atoms with Crippen LogP contribution in [-0.2, 0) is 6.54 Å². The third-order valence-corrected chi connectivity index (χ3v) is 3.48. The van der Waals surface area contributed by atoms with Gasteiger partial charge in [-0.3, -0.25) is 4.79 Å². The lowest BCUT2D eigenvalue weighted by Gasteiger charge is -2.06. The van der Waals surface area contributed by atoms with E-state index in [0.717, 1.165) is 22.3 Å². The molecular formula is C13H8BrClF3NO. The highest BCUT2D eigenvalue weighted by Crippen LogP contribution is 2.24. The second-order valence-electron chi connectivity index (χ2n) is 4.14. The van der Waals surface area contributed by atoms with Crippen LogP contribution in [0.3, 0.4) is 0 Å². The fraction of sp³-hybridized carbons (Fsp3) is 0.154. The predicted octanol–water partition coefficient (Wildman–Crippen LogP) is 4.70. The van der Waals surface area contributed by atoms with Crippen LogP contribution in [0.5, 0.6) is 0 Å². The standard InChI is InChI=1S/C13H8BrClF3NO/c14-10-2-1-8(11(15)5-10)6-19-4-3-9(7-19)12(20)13(16,17)18/h1-5,7H,6H2. The van der Waals surface area contributed by atoms with Crippen LogP contribution in [0.2, 0.25) is 5.02 Å². The maximum atomic E-state index is 12.3. The van der Waals surface area contributed by atoms with Crippen molar-refractivity contribution in [3.8, 4) is 0 Å². The third kappa shape index (κ3) is 3.43. The quantitative estimate of drug-likeness (QED) is 0.722. The maximum Gasteiger partial charge on any atom is 0.454 e. The molecule has 0 amide bonds. The molecule has 2 nitrogen and oxygen atoms in total. The van der Waals surface area contributed by atoms with E-state index in [1.54, 1.807) is 18.2 Å². The normalized spacial score (nSPS) is 11.7. The van der Waals surface area contributed by atoms with Gasteiger partial charge in [-0.1, -0.05) is 33.6 Å². The van der Waals surface area contributed by atoms with Gasteiger partial charge in [0.2, 0.25) is 0 Å². The molecule has 7 heteroatoms. The van der Waals surface area contributed by atoms with Gasteiger partial charge in [-0.05, 0) is 23.8 Å². The number of carbonyl (C=O) groups is 1. The highest BCUT2D eigenvalue weighted by molar-refractivity contribution is 9.10. The smallest absolute Gasteiger partial charge is 0.349 e. The first-order valence-corrected chi connectivity index (χ1v) is 6.65. The van der Waals surface area contributed by atoms with E-state index in [2.05, 4.69) is 15.9 Å². The zero-order valence-corrected chi connectivity index (χ0v) is 12.3. The molecular weight excluding hydrogens is 358 g/mol. The van der Waals surface area contributed by atoms with Crippen molar-refractivity contribution < 1.29 is 18.0 Å². The summed E-state index contributed by atoms with van der Waals surface area (Å²) >= 11 is 9.30. The Hall–Kier alpha value is -1.27. The Morgan fingerprint density at radius 3 is 2.60 bits per heavy atom. The summed E-state index contributed by atoms with van der Waals surface area (Å²) in [5.41, 5.74) is 0.363. The Bertz CT molecular complexity index is 651. The minimum absolute atomic E-state index is 0.289. The zero-order chi connectivity index (χ0) is 14.9. The molecule has 0 aliphatic heterocycles. The molecule has 0 fully saturated rings. The minimum atomic E-state index is -4.86. The molecule has 1 aromatic carbocycles. The topological polar surface area (TPSA) is 22.0 Å². The summed E-state index contributed by atoms with van der Waals surface area (Å²) in [6, 6.07) is 6.38. The van der Waals surface area contributed by atoms with Gasteiger partial charge in [0.15, 0.2) is 0 Å². The van der Waals surface area contributed by atoms with Gasteiger partial charge >= 0.3 is 6.18 Å². The fourth-order valence-corrected chi connectivity index (χ4v) is 2.42. The van der Waals surface area contributed by atoms with Crippen LogP contribution in [0.15, 0.2) is 41.1 Å². The lowest BCUT2D eigenvalue weighted by atomic mass is 10.2. The van der Waals surface area contributed by atoms with E-state index < -0.39 is 12.0 Å². The number of halogens is 5. The van der Waals surface area contributed by atoms with Gasteiger partial charge in [0, 0.05) is 34.0 Å². The van der Waals surface area contributed by atoms with Crippen LogP contribution in [0.4, 0.5) is 13.2 Å². The van der Waals surface area contributed by atoms with E-state index in [1.807, 2.05) is 0 Å². The Morgan fingerprint density at radius 2 is 2.00 bits per heavy atom. The second-order valence-corrected chi connectivity index (χ2v) is 5.46. The van der Waals surface area contributed by atoms with E-state index >= 15 is 0 Å². The summed E-state index contributed by atoms with van der Waals surface area (Å²) in [5.74, 6) is -1.85. The van der Waals surface area contributed by atoms with Crippen LogP contribution >= 0.6 is 27.5 Å². The monoisotopic (exact) mass is 365 g/mol. The Kier molecular flexibility index (Phi) is 4.25. The van der Waals surface area contributed by atoms with Gasteiger partial charge < -0.3 is 4.57 Å². The fourth-order valence-electron chi connectivity index (χ4n) is 1.68. The van der Waals surface area contributed by atoms with Crippen molar-refractivity contribution in [1.29, 1.82) is 0 Å². The number of hydrogen-bond acceptors (Lipinski definition) is 1. The lowest BCUT2D eigenvalue weighted by Crippen LogP contribution is -2.22. The molecule has 0 atom stereocenters. The number of alkyl halides is 3. The maximum absolute atomic E-state index is 12.3. The first kappa shape index (κ1) is 15.1. The average molecular weight is 367 g/mol. The Morgan fingerprint density at radius 1 is 1.30 bits per heavy atom. The summed E-state index contributed by atoms with van der Waals surface area (Å²) in [5, 5.41) is 0.497.